The van der Waals surface area contributed by atoms with Crippen LogP contribution in [0, 0.1) is 17.3 Å². The fourth-order valence-electron chi connectivity index (χ4n) is 4.41. The quantitative estimate of drug-likeness (QED) is 0.616. The molecule has 0 aliphatic heterocycles. The van der Waals surface area contributed by atoms with Gasteiger partial charge in [-0.25, -0.2) is 0 Å². The normalized spacial score (nSPS) is 39.3. The van der Waals surface area contributed by atoms with Crippen molar-refractivity contribution in [3.8, 4) is 0 Å². The van der Waals surface area contributed by atoms with Gasteiger partial charge in [0.1, 0.15) is 0 Å². The summed E-state index contributed by atoms with van der Waals surface area (Å²) in [6, 6.07) is 9.48. The standard InChI is InChI=1S/C17H22/c1-3-14-4-2-13(1)5-6-15-8-10-17(9-7-14)12-16(17)11-15/h1-4,15-16H,5-12H2. The molecule has 17 heavy (non-hydrogen) atoms. The molecule has 4 bridgehead atoms. The van der Waals surface area contributed by atoms with E-state index in [-0.39, 0.29) is 0 Å². The van der Waals surface area contributed by atoms with Gasteiger partial charge in [-0.15, -0.1) is 0 Å². The van der Waals surface area contributed by atoms with Crippen molar-refractivity contribution in [2.45, 2.75) is 51.4 Å². The highest BCUT2D eigenvalue weighted by Gasteiger charge is 2.55. The van der Waals surface area contributed by atoms with Crippen molar-refractivity contribution < 1.29 is 0 Å². The lowest BCUT2D eigenvalue weighted by atomic mass is 9.76. The Labute approximate surface area is 104 Å². The molecule has 0 heterocycles. The second kappa shape index (κ2) is 3.60. The molecule has 1 aromatic carbocycles. The van der Waals surface area contributed by atoms with Gasteiger partial charge in [0, 0.05) is 0 Å². The predicted octanol–water partition coefficient (Wildman–Crippen LogP) is 4.37. The first kappa shape index (κ1) is 10.2. The maximum absolute atomic E-state index is 2.37. The van der Waals surface area contributed by atoms with Crippen molar-refractivity contribution in [3.05, 3.63) is 35.4 Å². The molecule has 2 fully saturated rings. The lowest BCUT2D eigenvalue weighted by Crippen LogP contribution is -2.18. The summed E-state index contributed by atoms with van der Waals surface area (Å²) < 4.78 is 0. The monoisotopic (exact) mass is 226 g/mol. The number of hydrogen-bond acceptors (Lipinski definition) is 0. The molecule has 3 unspecified atom stereocenters. The van der Waals surface area contributed by atoms with Gasteiger partial charge in [0.15, 0.2) is 0 Å². The topological polar surface area (TPSA) is 0 Å². The summed E-state index contributed by atoms with van der Waals surface area (Å²) in [4.78, 5) is 0. The maximum Gasteiger partial charge on any atom is -0.0263 e. The lowest BCUT2D eigenvalue weighted by Gasteiger charge is -2.29. The van der Waals surface area contributed by atoms with Crippen molar-refractivity contribution >= 4 is 0 Å². The van der Waals surface area contributed by atoms with E-state index in [1.165, 1.54) is 32.1 Å². The summed E-state index contributed by atoms with van der Waals surface area (Å²) in [6.07, 6.45) is 11.7. The average molecular weight is 226 g/mol. The number of rotatable bonds is 0. The van der Waals surface area contributed by atoms with Crippen LogP contribution in [0.25, 0.3) is 0 Å². The van der Waals surface area contributed by atoms with E-state index in [2.05, 4.69) is 24.3 Å². The zero-order chi connectivity index (χ0) is 11.3. The fraction of sp³-hybridized carbons (Fsp3) is 0.647. The Morgan fingerprint density at radius 3 is 2.41 bits per heavy atom. The Balaban J connectivity index is 1.64. The summed E-state index contributed by atoms with van der Waals surface area (Å²) in [6.45, 7) is 0. The number of aryl methyl sites for hydroxylation is 2. The van der Waals surface area contributed by atoms with Crippen LogP contribution in [0.15, 0.2) is 24.3 Å². The van der Waals surface area contributed by atoms with Gasteiger partial charge in [-0.3, -0.25) is 0 Å². The van der Waals surface area contributed by atoms with Crippen LogP contribution in [-0.2, 0) is 12.8 Å². The molecule has 1 spiro atoms. The van der Waals surface area contributed by atoms with Crippen LogP contribution in [0.1, 0.15) is 49.7 Å². The third kappa shape index (κ3) is 1.73. The molecule has 7 rings (SSSR count). The molecule has 6 aliphatic carbocycles. The zero-order valence-electron chi connectivity index (χ0n) is 10.6. The van der Waals surface area contributed by atoms with Crippen LogP contribution in [0.5, 0.6) is 0 Å². The minimum Gasteiger partial charge on any atom is -0.0588 e. The van der Waals surface area contributed by atoms with Crippen LogP contribution in [0.3, 0.4) is 0 Å². The van der Waals surface area contributed by atoms with Crippen LogP contribution in [0.4, 0.5) is 0 Å². The first-order valence-corrected chi connectivity index (χ1v) is 7.42. The van der Waals surface area contributed by atoms with E-state index >= 15 is 0 Å². The van der Waals surface area contributed by atoms with Gasteiger partial charge >= 0.3 is 0 Å². The lowest BCUT2D eigenvalue weighted by molar-refractivity contribution is 0.240. The van der Waals surface area contributed by atoms with Crippen molar-refractivity contribution in [1.82, 2.24) is 0 Å². The molecule has 0 N–H and O–H groups in total. The van der Waals surface area contributed by atoms with Gasteiger partial charge in [-0.05, 0) is 79.7 Å². The molecule has 0 aromatic heterocycles. The van der Waals surface area contributed by atoms with E-state index in [4.69, 9.17) is 0 Å². The highest BCUT2D eigenvalue weighted by molar-refractivity contribution is 5.24. The van der Waals surface area contributed by atoms with Crippen LogP contribution in [0.2, 0.25) is 0 Å². The van der Waals surface area contributed by atoms with E-state index in [1.807, 2.05) is 0 Å². The molecular formula is C17H22. The Hall–Kier alpha value is -0.780. The highest BCUT2D eigenvalue weighted by atomic mass is 14.6. The van der Waals surface area contributed by atoms with Crippen molar-refractivity contribution in [1.29, 1.82) is 0 Å². The summed E-state index contributed by atoms with van der Waals surface area (Å²) in [5.41, 5.74) is 3.92. The zero-order valence-corrected chi connectivity index (χ0v) is 10.6. The molecule has 1 aromatic rings. The SMILES string of the molecule is c1cc2ccc1CCC1CCC3(CC2)CC3C1. The Morgan fingerprint density at radius 2 is 1.65 bits per heavy atom. The fourth-order valence-corrected chi connectivity index (χ4v) is 4.41. The number of hydrogen-bond donors (Lipinski definition) is 0. The van der Waals surface area contributed by atoms with E-state index in [9.17, 15) is 0 Å². The van der Waals surface area contributed by atoms with E-state index in [1.54, 1.807) is 30.4 Å². The largest absolute Gasteiger partial charge is 0.0588 e. The van der Waals surface area contributed by atoms with E-state index in [0.717, 1.165) is 17.3 Å². The van der Waals surface area contributed by atoms with Gasteiger partial charge in [0.25, 0.3) is 0 Å². The smallest absolute Gasteiger partial charge is 0.0263 e. The van der Waals surface area contributed by atoms with Crippen LogP contribution >= 0.6 is 0 Å². The summed E-state index contributed by atoms with van der Waals surface area (Å²) in [7, 11) is 0. The van der Waals surface area contributed by atoms with E-state index < -0.39 is 0 Å². The molecule has 0 radical (unpaired) electrons. The second-order valence-electron chi connectivity index (χ2n) is 6.76. The van der Waals surface area contributed by atoms with Gasteiger partial charge in [-0.2, -0.15) is 0 Å². The van der Waals surface area contributed by atoms with Gasteiger partial charge in [-0.1, -0.05) is 24.3 Å². The van der Waals surface area contributed by atoms with Crippen molar-refractivity contribution in [2.24, 2.45) is 17.3 Å². The molecule has 90 valence electrons. The molecule has 0 heteroatoms. The van der Waals surface area contributed by atoms with Crippen molar-refractivity contribution in [3.63, 3.8) is 0 Å². The molecule has 2 saturated carbocycles. The summed E-state index contributed by atoms with van der Waals surface area (Å²) in [5, 5.41) is 0. The predicted molar refractivity (Wildman–Crippen MR) is 71.0 cm³/mol. The third-order valence-electron chi connectivity index (χ3n) is 5.80. The Bertz CT molecular complexity index is 416. The van der Waals surface area contributed by atoms with Gasteiger partial charge in [0.05, 0.1) is 0 Å². The van der Waals surface area contributed by atoms with Crippen LogP contribution in [-0.4, -0.2) is 0 Å². The van der Waals surface area contributed by atoms with Gasteiger partial charge in [0.2, 0.25) is 0 Å². The minimum absolute atomic E-state index is 0.800. The third-order valence-corrected chi connectivity index (χ3v) is 5.80. The maximum atomic E-state index is 2.37. The molecule has 0 saturated heterocycles. The first-order valence-electron chi connectivity index (χ1n) is 7.42. The highest BCUT2D eigenvalue weighted by Crippen LogP contribution is 2.65. The first-order chi connectivity index (χ1) is 8.34. The molecule has 0 nitrogen and oxygen atoms in total. The molecule has 6 aliphatic rings. The molecule has 3 atom stereocenters. The number of benzene rings is 1. The van der Waals surface area contributed by atoms with Gasteiger partial charge < -0.3 is 0 Å². The molecule has 0 amide bonds. The second-order valence-corrected chi connectivity index (χ2v) is 6.76. The average Bonchev–Trinajstić information content (AvgIpc) is 3.07. The molecular weight excluding hydrogens is 204 g/mol. The van der Waals surface area contributed by atoms with Crippen LogP contribution < -0.4 is 0 Å². The Morgan fingerprint density at radius 1 is 0.882 bits per heavy atom. The Kier molecular flexibility index (Phi) is 2.16. The minimum atomic E-state index is 0.800. The van der Waals surface area contributed by atoms with Crippen molar-refractivity contribution in [2.75, 3.05) is 0 Å². The summed E-state index contributed by atoms with van der Waals surface area (Å²) in [5.74, 6) is 2.15. The summed E-state index contributed by atoms with van der Waals surface area (Å²) >= 11 is 0. The van der Waals surface area contributed by atoms with E-state index in [0.29, 0.717) is 0 Å².